The summed E-state index contributed by atoms with van der Waals surface area (Å²) in [5.41, 5.74) is 2.47. The largest absolute Gasteiger partial charge is 0.363 e. The molecule has 0 bridgehead atoms. The Morgan fingerprint density at radius 1 is 1.29 bits per heavy atom. The third-order valence-electron chi connectivity index (χ3n) is 2.92. The quantitative estimate of drug-likeness (QED) is 0.851. The lowest BCUT2D eigenvalue weighted by Gasteiger charge is -2.10. The number of aryl methyl sites for hydroxylation is 2. The van der Waals surface area contributed by atoms with Crippen LogP contribution in [0.25, 0.3) is 10.9 Å². The summed E-state index contributed by atoms with van der Waals surface area (Å²) in [7, 11) is 3.30. The number of hydrogen-bond donors (Lipinski definition) is 1. The Morgan fingerprint density at radius 2 is 1.94 bits per heavy atom. The molecular weight excluding hydrogens is 261 g/mol. The van der Waals surface area contributed by atoms with Crippen LogP contribution in [0, 0.1) is 6.92 Å². The summed E-state index contributed by atoms with van der Waals surface area (Å²) in [6.07, 6.45) is -0.970. The summed E-state index contributed by atoms with van der Waals surface area (Å²) in [4.78, 5) is 0. The second kappa shape index (κ2) is 4.50. The molecule has 0 aliphatic heterocycles. The van der Waals surface area contributed by atoms with Gasteiger partial charge in [0.05, 0.1) is 15.7 Å². The number of aliphatic hydroxyl groups excluding tert-OH is 1. The van der Waals surface area contributed by atoms with Crippen LogP contribution in [0.4, 0.5) is 0 Å². The molecule has 2 rings (SSSR count). The fraction of sp³-hybridized carbons (Fsp3) is 0.333. The molecule has 1 unspecified atom stereocenters. The predicted molar refractivity (Wildman–Crippen MR) is 69.6 cm³/mol. The Kier molecular flexibility index (Phi) is 3.36. The summed E-state index contributed by atoms with van der Waals surface area (Å²) in [6, 6.07) is 3.73. The van der Waals surface area contributed by atoms with E-state index in [9.17, 15) is 5.11 Å². The lowest BCUT2D eigenvalue weighted by atomic mass is 10.2. The van der Waals surface area contributed by atoms with Crippen LogP contribution >= 0.6 is 23.2 Å². The SMILES string of the molecule is COC(O)c1cc2c(Cl)c(Cl)c(C)cc2n1C. The number of nitrogens with zero attached hydrogens (tertiary/aromatic N) is 1. The molecule has 2 aromatic rings. The Morgan fingerprint density at radius 3 is 2.53 bits per heavy atom. The van der Waals surface area contributed by atoms with E-state index in [4.69, 9.17) is 27.9 Å². The molecule has 0 aliphatic carbocycles. The first-order chi connectivity index (χ1) is 7.97. The number of hydrogen-bond acceptors (Lipinski definition) is 2. The Hall–Kier alpha value is -0.740. The minimum atomic E-state index is -0.970. The van der Waals surface area contributed by atoms with Gasteiger partial charge < -0.3 is 14.4 Å². The maximum Gasteiger partial charge on any atom is 0.196 e. The molecule has 17 heavy (non-hydrogen) atoms. The van der Waals surface area contributed by atoms with E-state index in [1.165, 1.54) is 7.11 Å². The van der Waals surface area contributed by atoms with Gasteiger partial charge in [-0.25, -0.2) is 0 Å². The van der Waals surface area contributed by atoms with E-state index in [0.717, 1.165) is 16.5 Å². The molecule has 0 radical (unpaired) electrons. The van der Waals surface area contributed by atoms with Gasteiger partial charge in [-0.15, -0.1) is 0 Å². The van der Waals surface area contributed by atoms with Crippen LogP contribution in [0.5, 0.6) is 0 Å². The molecule has 3 nitrogen and oxygen atoms in total. The zero-order valence-electron chi connectivity index (χ0n) is 9.79. The third-order valence-corrected chi connectivity index (χ3v) is 3.90. The normalized spacial score (nSPS) is 13.3. The van der Waals surface area contributed by atoms with Crippen molar-refractivity contribution in [3.63, 3.8) is 0 Å². The molecule has 0 fully saturated rings. The predicted octanol–water partition coefficient (Wildman–Crippen LogP) is 3.43. The molecule has 1 heterocycles. The molecule has 5 heteroatoms. The molecule has 1 N–H and O–H groups in total. The van der Waals surface area contributed by atoms with Crippen molar-refractivity contribution in [3.8, 4) is 0 Å². The maximum absolute atomic E-state index is 9.72. The van der Waals surface area contributed by atoms with Gasteiger partial charge >= 0.3 is 0 Å². The van der Waals surface area contributed by atoms with Crippen LogP contribution in [-0.4, -0.2) is 16.8 Å². The number of benzene rings is 1. The number of aliphatic hydroxyl groups is 1. The molecule has 0 saturated heterocycles. The molecule has 0 spiro atoms. The maximum atomic E-state index is 9.72. The van der Waals surface area contributed by atoms with E-state index >= 15 is 0 Å². The molecular formula is C12H13Cl2NO2. The highest BCUT2D eigenvalue weighted by atomic mass is 35.5. The van der Waals surface area contributed by atoms with Crippen molar-refractivity contribution >= 4 is 34.1 Å². The monoisotopic (exact) mass is 273 g/mol. The minimum Gasteiger partial charge on any atom is -0.363 e. The summed E-state index contributed by atoms with van der Waals surface area (Å²) in [6.45, 7) is 1.90. The Bertz CT molecular complexity index is 578. The lowest BCUT2D eigenvalue weighted by molar-refractivity contribution is -0.0813. The van der Waals surface area contributed by atoms with Crippen molar-refractivity contribution in [2.24, 2.45) is 7.05 Å². The second-order valence-corrected chi connectivity index (χ2v) is 4.73. The number of fused-ring (bicyclic) bond motifs is 1. The van der Waals surface area contributed by atoms with Gasteiger partial charge in [0.2, 0.25) is 0 Å². The number of ether oxygens (including phenoxy) is 1. The third kappa shape index (κ3) is 1.93. The van der Waals surface area contributed by atoms with Crippen molar-refractivity contribution in [1.82, 2.24) is 4.57 Å². The summed E-state index contributed by atoms with van der Waals surface area (Å²) < 4.78 is 6.75. The Labute approximate surface area is 110 Å². The van der Waals surface area contributed by atoms with Gasteiger partial charge in [0.25, 0.3) is 0 Å². The topological polar surface area (TPSA) is 34.4 Å². The van der Waals surface area contributed by atoms with Crippen LogP contribution < -0.4 is 0 Å². The van der Waals surface area contributed by atoms with Crippen LogP contribution in [0.2, 0.25) is 10.0 Å². The van der Waals surface area contributed by atoms with Gasteiger partial charge in [0.1, 0.15) is 0 Å². The fourth-order valence-corrected chi connectivity index (χ4v) is 2.36. The molecule has 0 saturated carbocycles. The van der Waals surface area contributed by atoms with Crippen LogP contribution in [-0.2, 0) is 11.8 Å². The molecule has 1 aromatic heterocycles. The van der Waals surface area contributed by atoms with Crippen LogP contribution in [0.15, 0.2) is 12.1 Å². The van der Waals surface area contributed by atoms with Gasteiger partial charge in [-0.1, -0.05) is 23.2 Å². The van der Waals surface area contributed by atoms with Crippen molar-refractivity contribution in [3.05, 3.63) is 33.4 Å². The zero-order valence-corrected chi connectivity index (χ0v) is 11.3. The van der Waals surface area contributed by atoms with Crippen LogP contribution in [0.3, 0.4) is 0 Å². The van der Waals surface area contributed by atoms with Gasteiger partial charge in [0.15, 0.2) is 6.29 Å². The van der Waals surface area contributed by atoms with Crippen molar-refractivity contribution in [2.45, 2.75) is 13.2 Å². The first-order valence-corrected chi connectivity index (χ1v) is 5.87. The van der Waals surface area contributed by atoms with Gasteiger partial charge in [0, 0.05) is 25.1 Å². The van der Waals surface area contributed by atoms with E-state index in [0.29, 0.717) is 15.7 Å². The smallest absolute Gasteiger partial charge is 0.196 e. The molecule has 0 aliphatic rings. The van der Waals surface area contributed by atoms with E-state index in [1.807, 2.05) is 24.6 Å². The highest BCUT2D eigenvalue weighted by Gasteiger charge is 2.17. The van der Waals surface area contributed by atoms with Gasteiger partial charge in [-0.3, -0.25) is 0 Å². The van der Waals surface area contributed by atoms with E-state index < -0.39 is 6.29 Å². The zero-order chi connectivity index (χ0) is 12.7. The molecule has 1 atom stereocenters. The molecule has 92 valence electrons. The summed E-state index contributed by atoms with van der Waals surface area (Å²) in [5.74, 6) is 0. The Balaban J connectivity index is 2.78. The summed E-state index contributed by atoms with van der Waals surface area (Å²) in [5, 5.41) is 11.6. The van der Waals surface area contributed by atoms with Gasteiger partial charge in [-0.05, 0) is 24.6 Å². The first kappa shape index (κ1) is 12.7. The molecule has 1 aromatic carbocycles. The number of methoxy groups -OCH3 is 1. The molecule has 0 amide bonds. The average molecular weight is 274 g/mol. The second-order valence-electron chi connectivity index (χ2n) is 3.97. The van der Waals surface area contributed by atoms with E-state index in [2.05, 4.69) is 0 Å². The summed E-state index contributed by atoms with van der Waals surface area (Å²) >= 11 is 12.3. The van der Waals surface area contributed by atoms with E-state index in [1.54, 1.807) is 6.07 Å². The van der Waals surface area contributed by atoms with Crippen LogP contribution in [0.1, 0.15) is 17.5 Å². The first-order valence-electron chi connectivity index (χ1n) is 5.12. The van der Waals surface area contributed by atoms with E-state index in [-0.39, 0.29) is 0 Å². The number of halogens is 2. The van der Waals surface area contributed by atoms with Crippen molar-refractivity contribution < 1.29 is 9.84 Å². The van der Waals surface area contributed by atoms with Crippen molar-refractivity contribution in [1.29, 1.82) is 0 Å². The number of rotatable bonds is 2. The van der Waals surface area contributed by atoms with Crippen molar-refractivity contribution in [2.75, 3.05) is 7.11 Å². The standard InChI is InChI=1S/C12H13Cl2NO2/c1-6-4-8-7(11(14)10(6)13)5-9(15(8)2)12(16)17-3/h4-5,12,16H,1-3H3. The highest BCUT2D eigenvalue weighted by molar-refractivity contribution is 6.45. The lowest BCUT2D eigenvalue weighted by Crippen LogP contribution is -2.05. The number of aromatic nitrogens is 1. The highest BCUT2D eigenvalue weighted by Crippen LogP contribution is 2.36. The fourth-order valence-electron chi connectivity index (χ4n) is 1.91. The average Bonchev–Trinajstić information content (AvgIpc) is 2.64. The van der Waals surface area contributed by atoms with Gasteiger partial charge in [-0.2, -0.15) is 0 Å². The minimum absolute atomic E-state index is 0.506.